The van der Waals surface area contributed by atoms with Crippen molar-refractivity contribution in [3.63, 3.8) is 0 Å². The zero-order chi connectivity index (χ0) is 14.9. The maximum absolute atomic E-state index is 12.0. The Bertz CT molecular complexity index is 569. The van der Waals surface area contributed by atoms with E-state index in [1.807, 2.05) is 60.7 Å². The molecule has 2 rings (SSSR count). The molecule has 0 N–H and O–H groups in total. The predicted octanol–water partition coefficient (Wildman–Crippen LogP) is 3.13. The van der Waals surface area contributed by atoms with Gasteiger partial charge in [-0.3, -0.25) is 4.79 Å². The summed E-state index contributed by atoms with van der Waals surface area (Å²) in [4.78, 5) is 24.0. The monoisotopic (exact) mass is 300 g/mol. The number of aldehydes is 1. The third-order valence-corrected chi connectivity index (χ3v) is 3.98. The van der Waals surface area contributed by atoms with Gasteiger partial charge in [0.2, 0.25) is 0 Å². The molecule has 0 spiro atoms. The summed E-state index contributed by atoms with van der Waals surface area (Å²) < 4.78 is 5.38. The van der Waals surface area contributed by atoms with Crippen LogP contribution >= 0.6 is 11.8 Å². The lowest BCUT2D eigenvalue weighted by Crippen LogP contribution is -2.23. The molecule has 0 aromatic heterocycles. The molecule has 2 aromatic rings. The van der Waals surface area contributed by atoms with Crippen molar-refractivity contribution in [3.05, 3.63) is 66.2 Å². The summed E-state index contributed by atoms with van der Waals surface area (Å²) in [6.45, 7) is 0.312. The van der Waals surface area contributed by atoms with E-state index < -0.39 is 5.25 Å². The van der Waals surface area contributed by atoms with Crippen LogP contribution in [0.25, 0.3) is 0 Å². The molecule has 2 aromatic carbocycles. The van der Waals surface area contributed by atoms with Gasteiger partial charge in [-0.05, 0) is 17.7 Å². The molecule has 0 fully saturated rings. The van der Waals surface area contributed by atoms with Crippen LogP contribution in [0.2, 0.25) is 0 Å². The standard InChI is InChI=1S/C17H16O3S/c18-11-17(21-15-9-5-2-6-10-15)16(19)13-20-12-14-7-3-1-4-8-14/h1-11,17H,12-13H2. The van der Waals surface area contributed by atoms with Crippen LogP contribution in [0.3, 0.4) is 0 Å². The zero-order valence-electron chi connectivity index (χ0n) is 11.5. The maximum Gasteiger partial charge on any atom is 0.178 e. The third-order valence-electron chi connectivity index (χ3n) is 2.80. The van der Waals surface area contributed by atoms with Crippen LogP contribution in [0.4, 0.5) is 0 Å². The zero-order valence-corrected chi connectivity index (χ0v) is 12.3. The van der Waals surface area contributed by atoms with Gasteiger partial charge in [0.25, 0.3) is 0 Å². The molecule has 0 aliphatic heterocycles. The predicted molar refractivity (Wildman–Crippen MR) is 83.3 cm³/mol. The molecule has 0 saturated heterocycles. The van der Waals surface area contributed by atoms with E-state index in [4.69, 9.17) is 4.74 Å². The van der Waals surface area contributed by atoms with E-state index in [0.717, 1.165) is 10.5 Å². The summed E-state index contributed by atoms with van der Waals surface area (Å²) in [7, 11) is 0. The number of hydrogen-bond acceptors (Lipinski definition) is 4. The molecular formula is C17H16O3S. The Balaban J connectivity index is 1.82. The lowest BCUT2D eigenvalue weighted by molar-refractivity contribution is -0.125. The second-order valence-electron chi connectivity index (χ2n) is 4.43. The van der Waals surface area contributed by atoms with E-state index in [2.05, 4.69) is 0 Å². The van der Waals surface area contributed by atoms with Gasteiger partial charge in [-0.2, -0.15) is 0 Å². The number of thioether (sulfide) groups is 1. The van der Waals surface area contributed by atoms with Gasteiger partial charge in [0.1, 0.15) is 18.1 Å². The molecule has 0 amide bonds. The average molecular weight is 300 g/mol. The van der Waals surface area contributed by atoms with Crippen molar-refractivity contribution in [2.45, 2.75) is 16.8 Å². The van der Waals surface area contributed by atoms with Crippen LogP contribution in [0.15, 0.2) is 65.6 Å². The van der Waals surface area contributed by atoms with Gasteiger partial charge < -0.3 is 9.53 Å². The van der Waals surface area contributed by atoms with Crippen LogP contribution in [-0.2, 0) is 20.9 Å². The van der Waals surface area contributed by atoms with Crippen molar-refractivity contribution < 1.29 is 14.3 Å². The molecule has 0 saturated carbocycles. The molecule has 0 radical (unpaired) electrons. The first-order valence-corrected chi connectivity index (χ1v) is 7.49. The molecule has 1 unspecified atom stereocenters. The van der Waals surface area contributed by atoms with Crippen LogP contribution < -0.4 is 0 Å². The Morgan fingerprint density at radius 3 is 2.29 bits per heavy atom. The molecule has 4 heteroatoms. The number of Topliss-reactive ketones (excluding diaryl/α,β-unsaturated/α-hetero) is 1. The summed E-state index contributed by atoms with van der Waals surface area (Å²) in [5.41, 5.74) is 1.00. The van der Waals surface area contributed by atoms with Gasteiger partial charge in [-0.1, -0.05) is 48.5 Å². The number of rotatable bonds is 8. The van der Waals surface area contributed by atoms with E-state index in [9.17, 15) is 9.59 Å². The first-order valence-electron chi connectivity index (χ1n) is 6.61. The maximum atomic E-state index is 12.0. The molecular weight excluding hydrogens is 284 g/mol. The SMILES string of the molecule is O=CC(Sc1ccccc1)C(=O)COCc1ccccc1. The van der Waals surface area contributed by atoms with Gasteiger partial charge in [-0.25, -0.2) is 0 Å². The summed E-state index contributed by atoms with van der Waals surface area (Å²) in [5.74, 6) is -0.213. The fourth-order valence-electron chi connectivity index (χ4n) is 1.74. The summed E-state index contributed by atoms with van der Waals surface area (Å²) in [5, 5.41) is -0.719. The fraction of sp³-hybridized carbons (Fsp3) is 0.176. The van der Waals surface area contributed by atoms with E-state index >= 15 is 0 Å². The summed E-state index contributed by atoms with van der Waals surface area (Å²) in [6.07, 6.45) is 0.672. The molecule has 0 aliphatic carbocycles. The number of carbonyl (C=O) groups excluding carboxylic acids is 2. The molecule has 3 nitrogen and oxygen atoms in total. The second kappa shape index (κ2) is 8.39. The fourth-order valence-corrected chi connectivity index (χ4v) is 2.60. The second-order valence-corrected chi connectivity index (χ2v) is 5.65. The molecule has 21 heavy (non-hydrogen) atoms. The van der Waals surface area contributed by atoms with E-state index in [-0.39, 0.29) is 12.4 Å². The van der Waals surface area contributed by atoms with Crippen molar-refractivity contribution in [3.8, 4) is 0 Å². The van der Waals surface area contributed by atoms with Gasteiger partial charge in [0.05, 0.1) is 6.61 Å². The molecule has 1 atom stereocenters. The van der Waals surface area contributed by atoms with Crippen LogP contribution in [-0.4, -0.2) is 23.9 Å². The minimum atomic E-state index is -0.719. The summed E-state index contributed by atoms with van der Waals surface area (Å²) >= 11 is 1.25. The lowest BCUT2D eigenvalue weighted by atomic mass is 10.2. The highest BCUT2D eigenvalue weighted by atomic mass is 32.2. The number of hydrogen-bond donors (Lipinski definition) is 0. The van der Waals surface area contributed by atoms with Crippen molar-refractivity contribution >= 4 is 23.8 Å². The normalized spacial score (nSPS) is 11.8. The smallest absolute Gasteiger partial charge is 0.178 e. The lowest BCUT2D eigenvalue weighted by Gasteiger charge is -2.09. The minimum absolute atomic E-state index is 0.0574. The van der Waals surface area contributed by atoms with Gasteiger partial charge in [0, 0.05) is 4.90 Å². The first kappa shape index (κ1) is 15.5. The Morgan fingerprint density at radius 2 is 1.67 bits per heavy atom. The summed E-state index contributed by atoms with van der Waals surface area (Å²) in [6, 6.07) is 19.0. The number of benzene rings is 2. The Kier molecular flexibility index (Phi) is 6.19. The topological polar surface area (TPSA) is 43.4 Å². The van der Waals surface area contributed by atoms with Crippen LogP contribution in [0.1, 0.15) is 5.56 Å². The van der Waals surface area contributed by atoms with Gasteiger partial charge in [-0.15, -0.1) is 11.8 Å². The Morgan fingerprint density at radius 1 is 1.05 bits per heavy atom. The van der Waals surface area contributed by atoms with Crippen molar-refractivity contribution in [2.75, 3.05) is 6.61 Å². The average Bonchev–Trinajstić information content (AvgIpc) is 2.54. The van der Waals surface area contributed by atoms with Gasteiger partial charge >= 0.3 is 0 Å². The highest BCUT2D eigenvalue weighted by Gasteiger charge is 2.18. The molecule has 0 heterocycles. The number of ketones is 1. The van der Waals surface area contributed by atoms with E-state index in [1.165, 1.54) is 11.8 Å². The van der Waals surface area contributed by atoms with Gasteiger partial charge in [0.15, 0.2) is 5.78 Å². The minimum Gasteiger partial charge on any atom is -0.369 e. The van der Waals surface area contributed by atoms with Crippen molar-refractivity contribution in [1.29, 1.82) is 0 Å². The third kappa shape index (κ3) is 5.17. The van der Waals surface area contributed by atoms with Crippen LogP contribution in [0.5, 0.6) is 0 Å². The number of carbonyl (C=O) groups is 2. The highest BCUT2D eigenvalue weighted by molar-refractivity contribution is 8.01. The Labute approximate surface area is 128 Å². The highest BCUT2D eigenvalue weighted by Crippen LogP contribution is 2.22. The van der Waals surface area contributed by atoms with Crippen molar-refractivity contribution in [1.82, 2.24) is 0 Å². The molecule has 0 bridgehead atoms. The van der Waals surface area contributed by atoms with E-state index in [0.29, 0.717) is 12.9 Å². The van der Waals surface area contributed by atoms with Crippen LogP contribution in [0, 0.1) is 0 Å². The molecule has 0 aliphatic rings. The Hall–Kier alpha value is -1.91. The first-order chi connectivity index (χ1) is 10.3. The van der Waals surface area contributed by atoms with E-state index in [1.54, 1.807) is 0 Å². The number of ether oxygens (including phenoxy) is 1. The molecule has 108 valence electrons. The quantitative estimate of drug-likeness (QED) is 0.427. The van der Waals surface area contributed by atoms with Crippen molar-refractivity contribution in [2.24, 2.45) is 0 Å². The largest absolute Gasteiger partial charge is 0.369 e.